The maximum absolute atomic E-state index is 2.39. The highest BCUT2D eigenvalue weighted by Crippen LogP contribution is 2.49. The SMILES string of the molecule is CCSC1Sc2ccccc2CC1(C)C. The van der Waals surface area contributed by atoms with E-state index < -0.39 is 0 Å². The third kappa shape index (κ3) is 2.36. The number of hydrogen-bond acceptors (Lipinski definition) is 2. The Balaban J connectivity index is 2.27. The number of thioether (sulfide) groups is 2. The molecule has 1 unspecified atom stereocenters. The van der Waals surface area contributed by atoms with Gasteiger partial charge in [-0.3, -0.25) is 0 Å². The van der Waals surface area contributed by atoms with Crippen molar-refractivity contribution in [1.82, 2.24) is 0 Å². The first kappa shape index (κ1) is 11.4. The summed E-state index contributed by atoms with van der Waals surface area (Å²) in [6.45, 7) is 7.04. The lowest BCUT2D eigenvalue weighted by Crippen LogP contribution is -2.30. The molecule has 1 heterocycles. The molecule has 0 radical (unpaired) electrons. The zero-order valence-corrected chi connectivity index (χ0v) is 11.3. The quantitative estimate of drug-likeness (QED) is 0.747. The van der Waals surface area contributed by atoms with Crippen molar-refractivity contribution in [2.75, 3.05) is 5.75 Å². The second-order valence-corrected chi connectivity index (χ2v) is 7.51. The van der Waals surface area contributed by atoms with Crippen LogP contribution in [0.15, 0.2) is 29.2 Å². The maximum atomic E-state index is 2.39. The molecule has 0 saturated carbocycles. The van der Waals surface area contributed by atoms with Gasteiger partial charge in [-0.05, 0) is 29.2 Å². The van der Waals surface area contributed by atoms with Crippen molar-refractivity contribution in [3.05, 3.63) is 29.8 Å². The van der Waals surface area contributed by atoms with Gasteiger partial charge < -0.3 is 0 Å². The van der Waals surface area contributed by atoms with Crippen LogP contribution in [0, 0.1) is 5.41 Å². The van der Waals surface area contributed by atoms with E-state index in [2.05, 4.69) is 68.6 Å². The fourth-order valence-corrected chi connectivity index (χ4v) is 4.94. The highest BCUT2D eigenvalue weighted by molar-refractivity contribution is 8.17. The van der Waals surface area contributed by atoms with Gasteiger partial charge in [-0.15, -0.1) is 23.5 Å². The maximum Gasteiger partial charge on any atom is 0.0603 e. The van der Waals surface area contributed by atoms with Gasteiger partial charge in [0.05, 0.1) is 4.58 Å². The summed E-state index contributed by atoms with van der Waals surface area (Å²) in [6.07, 6.45) is 1.22. The molecule has 0 spiro atoms. The highest BCUT2D eigenvalue weighted by atomic mass is 32.2. The fraction of sp³-hybridized carbons (Fsp3) is 0.538. The molecule has 1 atom stereocenters. The van der Waals surface area contributed by atoms with Gasteiger partial charge >= 0.3 is 0 Å². The van der Waals surface area contributed by atoms with Crippen molar-refractivity contribution in [3.8, 4) is 0 Å². The predicted octanol–water partition coefficient (Wildman–Crippen LogP) is 4.44. The second kappa shape index (κ2) is 4.42. The van der Waals surface area contributed by atoms with Gasteiger partial charge in [-0.25, -0.2) is 0 Å². The number of rotatable bonds is 2. The Morgan fingerprint density at radius 1 is 1.40 bits per heavy atom. The first-order valence-electron chi connectivity index (χ1n) is 5.49. The molecule has 0 saturated heterocycles. The fourth-order valence-electron chi connectivity index (χ4n) is 2.02. The third-order valence-corrected chi connectivity index (χ3v) is 6.28. The first-order valence-corrected chi connectivity index (χ1v) is 7.42. The molecular formula is C13H18S2. The minimum absolute atomic E-state index is 0.416. The van der Waals surface area contributed by atoms with Crippen LogP contribution in [0.4, 0.5) is 0 Å². The van der Waals surface area contributed by atoms with Gasteiger partial charge in [0, 0.05) is 4.90 Å². The predicted molar refractivity (Wildman–Crippen MR) is 71.7 cm³/mol. The molecule has 1 aliphatic rings. The molecule has 2 heteroatoms. The second-order valence-electron chi connectivity index (χ2n) is 4.68. The van der Waals surface area contributed by atoms with Crippen LogP contribution in [-0.2, 0) is 6.42 Å². The summed E-state index contributed by atoms with van der Waals surface area (Å²) in [5.74, 6) is 1.21. The van der Waals surface area contributed by atoms with E-state index in [1.807, 2.05) is 0 Å². The minimum Gasteiger partial charge on any atom is -0.147 e. The molecule has 1 aromatic carbocycles. The summed E-state index contributed by atoms with van der Waals surface area (Å²) >= 11 is 4.14. The van der Waals surface area contributed by atoms with Crippen LogP contribution in [0.2, 0.25) is 0 Å². The highest BCUT2D eigenvalue weighted by Gasteiger charge is 2.35. The van der Waals surface area contributed by atoms with Gasteiger partial charge in [-0.1, -0.05) is 39.0 Å². The van der Waals surface area contributed by atoms with E-state index in [-0.39, 0.29) is 0 Å². The summed E-state index contributed by atoms with van der Waals surface area (Å²) in [5, 5.41) is 0. The molecule has 0 aliphatic carbocycles. The molecule has 1 aliphatic heterocycles. The Morgan fingerprint density at radius 2 is 2.13 bits per heavy atom. The van der Waals surface area contributed by atoms with E-state index in [1.165, 1.54) is 22.6 Å². The average molecular weight is 238 g/mol. The zero-order chi connectivity index (χ0) is 10.9. The van der Waals surface area contributed by atoms with Crippen molar-refractivity contribution in [2.45, 2.75) is 36.7 Å². The van der Waals surface area contributed by atoms with E-state index in [9.17, 15) is 0 Å². The number of benzene rings is 1. The molecule has 15 heavy (non-hydrogen) atoms. The number of fused-ring (bicyclic) bond motifs is 1. The van der Waals surface area contributed by atoms with Gasteiger partial charge in [-0.2, -0.15) is 0 Å². The standard InChI is InChI=1S/C13H18S2/c1-4-14-12-13(2,3)9-10-7-5-6-8-11(10)15-12/h5-8,12H,4,9H2,1-3H3. The smallest absolute Gasteiger partial charge is 0.0603 e. The molecule has 0 N–H and O–H groups in total. The van der Waals surface area contributed by atoms with Crippen molar-refractivity contribution < 1.29 is 0 Å². The van der Waals surface area contributed by atoms with Crippen molar-refractivity contribution in [2.24, 2.45) is 5.41 Å². The molecule has 0 aromatic heterocycles. The largest absolute Gasteiger partial charge is 0.147 e. The van der Waals surface area contributed by atoms with Crippen LogP contribution < -0.4 is 0 Å². The molecule has 0 amide bonds. The van der Waals surface area contributed by atoms with Crippen LogP contribution >= 0.6 is 23.5 Å². The summed E-state index contributed by atoms with van der Waals surface area (Å²) < 4.78 is 0.706. The number of hydrogen-bond donors (Lipinski definition) is 0. The lowest BCUT2D eigenvalue weighted by atomic mass is 9.87. The summed E-state index contributed by atoms with van der Waals surface area (Å²) in [7, 11) is 0. The Morgan fingerprint density at radius 3 is 2.87 bits per heavy atom. The van der Waals surface area contributed by atoms with Crippen LogP contribution in [0.1, 0.15) is 26.3 Å². The summed E-state index contributed by atoms with van der Waals surface area (Å²) in [5.41, 5.74) is 1.94. The summed E-state index contributed by atoms with van der Waals surface area (Å²) in [4.78, 5) is 1.49. The first-order chi connectivity index (χ1) is 7.13. The average Bonchev–Trinajstić information content (AvgIpc) is 2.18. The van der Waals surface area contributed by atoms with Crippen LogP contribution in [-0.4, -0.2) is 10.3 Å². The molecule has 0 fully saturated rings. The Hall–Kier alpha value is -0.0800. The van der Waals surface area contributed by atoms with E-state index in [4.69, 9.17) is 0 Å². The van der Waals surface area contributed by atoms with Crippen molar-refractivity contribution in [1.29, 1.82) is 0 Å². The molecular weight excluding hydrogens is 220 g/mol. The Bertz CT molecular complexity index is 344. The molecule has 1 aromatic rings. The van der Waals surface area contributed by atoms with Gasteiger partial charge in [0.15, 0.2) is 0 Å². The van der Waals surface area contributed by atoms with Crippen LogP contribution in [0.25, 0.3) is 0 Å². The molecule has 0 nitrogen and oxygen atoms in total. The zero-order valence-electron chi connectivity index (χ0n) is 9.62. The normalized spacial score (nSPS) is 23.5. The Kier molecular flexibility index (Phi) is 3.36. The lowest BCUT2D eigenvalue weighted by Gasteiger charge is -2.38. The van der Waals surface area contributed by atoms with E-state index in [0.717, 1.165) is 0 Å². The minimum atomic E-state index is 0.416. The van der Waals surface area contributed by atoms with Crippen LogP contribution in [0.3, 0.4) is 0 Å². The molecule has 2 rings (SSSR count). The van der Waals surface area contributed by atoms with E-state index >= 15 is 0 Å². The van der Waals surface area contributed by atoms with Gasteiger partial charge in [0.2, 0.25) is 0 Å². The molecule has 0 bridgehead atoms. The molecule has 82 valence electrons. The van der Waals surface area contributed by atoms with Crippen molar-refractivity contribution in [3.63, 3.8) is 0 Å². The van der Waals surface area contributed by atoms with Crippen LogP contribution in [0.5, 0.6) is 0 Å². The van der Waals surface area contributed by atoms with Gasteiger partial charge in [0.1, 0.15) is 0 Å². The van der Waals surface area contributed by atoms with E-state index in [0.29, 0.717) is 10.00 Å². The Labute approximate surface area is 101 Å². The monoisotopic (exact) mass is 238 g/mol. The summed E-state index contributed by atoms with van der Waals surface area (Å²) in [6, 6.07) is 8.84. The lowest BCUT2D eigenvalue weighted by molar-refractivity contribution is 0.394. The van der Waals surface area contributed by atoms with Crippen molar-refractivity contribution >= 4 is 23.5 Å². The topological polar surface area (TPSA) is 0 Å². The van der Waals surface area contributed by atoms with Gasteiger partial charge in [0.25, 0.3) is 0 Å². The third-order valence-electron chi connectivity index (χ3n) is 2.81. The van der Waals surface area contributed by atoms with E-state index in [1.54, 1.807) is 0 Å².